The predicted molar refractivity (Wildman–Crippen MR) is 198 cm³/mol. The van der Waals surface area contributed by atoms with Gasteiger partial charge >= 0.3 is 0 Å². The quantitative estimate of drug-likeness (QED) is 0.171. The Balaban J connectivity index is 1.41. The van der Waals surface area contributed by atoms with Gasteiger partial charge < -0.3 is 9.47 Å². The van der Waals surface area contributed by atoms with E-state index in [4.69, 9.17) is 19.4 Å². The monoisotopic (exact) mass is 656 g/mol. The molecule has 2 aromatic carbocycles. The highest BCUT2D eigenvalue weighted by Crippen LogP contribution is 2.46. The average Bonchev–Trinajstić information content (AvgIpc) is 3.82. The van der Waals surface area contributed by atoms with Gasteiger partial charge in [-0.1, -0.05) is 58.9 Å². The Morgan fingerprint density at radius 3 is 1.55 bits per heavy atom. The topological polar surface area (TPSA) is 44.2 Å². The molecule has 0 atom stereocenters. The minimum absolute atomic E-state index is 0.0458. The zero-order valence-electron chi connectivity index (χ0n) is 28.1. The average molecular weight is 657 g/mol. The first kappa shape index (κ1) is 31.3. The molecule has 0 unspecified atom stereocenters. The molecule has 0 spiro atoms. The van der Waals surface area contributed by atoms with Crippen LogP contribution >= 0.6 is 22.7 Å². The van der Waals surface area contributed by atoms with Gasteiger partial charge in [0.15, 0.2) is 0 Å². The number of thiophene rings is 2. The van der Waals surface area contributed by atoms with Crippen LogP contribution in [0.15, 0.2) is 83.6 Å². The minimum Gasteiger partial charge on any atom is -0.495 e. The molecule has 6 aromatic rings. The summed E-state index contributed by atoms with van der Waals surface area (Å²) in [4.78, 5) is 13.1. The van der Waals surface area contributed by atoms with Crippen LogP contribution in [0.3, 0.4) is 0 Å². The molecule has 0 N–H and O–H groups in total. The third-order valence-corrected chi connectivity index (χ3v) is 10.9. The van der Waals surface area contributed by atoms with E-state index in [-0.39, 0.29) is 5.41 Å². The lowest BCUT2D eigenvalue weighted by Gasteiger charge is -2.24. The van der Waals surface area contributed by atoms with Crippen LogP contribution in [-0.2, 0) is 18.3 Å². The summed E-state index contributed by atoms with van der Waals surface area (Å²) in [6.45, 7) is 11.2. The molecule has 0 saturated carbocycles. The molecule has 1 aliphatic rings. The maximum atomic E-state index is 6.15. The Bertz CT molecular complexity index is 2070. The molecule has 1 aliphatic carbocycles. The van der Waals surface area contributed by atoms with Gasteiger partial charge in [0.1, 0.15) is 11.5 Å². The summed E-state index contributed by atoms with van der Waals surface area (Å²) >= 11 is 3.46. The van der Waals surface area contributed by atoms with Crippen molar-refractivity contribution >= 4 is 22.7 Å². The number of benzene rings is 2. The van der Waals surface area contributed by atoms with Gasteiger partial charge in [-0.2, -0.15) is 0 Å². The molecule has 6 heteroatoms. The maximum Gasteiger partial charge on any atom is 0.136 e. The fourth-order valence-corrected chi connectivity index (χ4v) is 7.93. The molecular weight excluding hydrogens is 617 g/mol. The number of hydrogen-bond donors (Lipinski definition) is 0. The van der Waals surface area contributed by atoms with Crippen LogP contribution in [0.5, 0.6) is 11.5 Å². The second-order valence-electron chi connectivity index (χ2n) is 13.5. The molecular formula is C41H40N2O2S2. The van der Waals surface area contributed by atoms with Crippen molar-refractivity contribution in [3.8, 4) is 66.3 Å². The van der Waals surface area contributed by atoms with Gasteiger partial charge in [-0.05, 0) is 106 Å². The molecule has 4 aromatic heterocycles. The van der Waals surface area contributed by atoms with Gasteiger partial charge in [0.05, 0.1) is 37.0 Å². The Hall–Kier alpha value is -4.26. The van der Waals surface area contributed by atoms with E-state index in [0.717, 1.165) is 69.4 Å². The van der Waals surface area contributed by atoms with Crippen LogP contribution in [0.1, 0.15) is 62.8 Å². The number of aromatic nitrogens is 2. The molecule has 4 heterocycles. The number of aryl methyl sites for hydroxylation is 2. The molecule has 238 valence electrons. The van der Waals surface area contributed by atoms with Crippen molar-refractivity contribution in [2.24, 2.45) is 0 Å². The fourth-order valence-electron chi connectivity index (χ4n) is 6.46. The van der Waals surface area contributed by atoms with E-state index in [1.165, 1.54) is 32.0 Å². The summed E-state index contributed by atoms with van der Waals surface area (Å²) in [5, 5.41) is 4.23. The van der Waals surface area contributed by atoms with Gasteiger partial charge in [0, 0.05) is 32.0 Å². The molecule has 0 fully saturated rings. The van der Waals surface area contributed by atoms with Crippen LogP contribution < -0.4 is 9.47 Å². The third-order valence-electron chi connectivity index (χ3n) is 9.11. The number of ether oxygens (including phenoxy) is 2. The number of pyridine rings is 2. The van der Waals surface area contributed by atoms with E-state index >= 15 is 0 Å². The lowest BCUT2D eigenvalue weighted by Crippen LogP contribution is -2.12. The largest absolute Gasteiger partial charge is 0.495 e. The van der Waals surface area contributed by atoms with E-state index in [9.17, 15) is 0 Å². The molecule has 0 saturated heterocycles. The predicted octanol–water partition coefficient (Wildman–Crippen LogP) is 11.5. The van der Waals surface area contributed by atoms with Crippen LogP contribution in [-0.4, -0.2) is 24.2 Å². The van der Waals surface area contributed by atoms with Crippen LogP contribution in [0.4, 0.5) is 0 Å². The van der Waals surface area contributed by atoms with Crippen LogP contribution in [0, 0.1) is 0 Å². The molecule has 4 nitrogen and oxygen atoms in total. The second kappa shape index (κ2) is 12.4. The normalized spacial score (nSPS) is 12.6. The van der Waals surface area contributed by atoms with E-state index < -0.39 is 0 Å². The van der Waals surface area contributed by atoms with Crippen LogP contribution in [0.25, 0.3) is 54.8 Å². The van der Waals surface area contributed by atoms with Crippen molar-refractivity contribution < 1.29 is 9.47 Å². The molecule has 0 bridgehead atoms. The first-order chi connectivity index (χ1) is 22.7. The standard InChI is InChI=1S/C41H40N2O2S2/c1-24(2)27-20-29(39(44-6)31(21-27)35-10-8-18-46-35)33-16-14-25-12-13-26-15-17-34(43-38(26)37(25)42-33)30-22-28(41(3,4)5)23-32(40(30)45-7)36-11-9-19-47-36/h8-11,14-24H,12-13H2,1-7H3. The van der Waals surface area contributed by atoms with E-state index in [2.05, 4.69) is 118 Å². The van der Waals surface area contributed by atoms with Gasteiger partial charge in [0.2, 0.25) is 0 Å². The number of hydrogen-bond acceptors (Lipinski definition) is 6. The third kappa shape index (κ3) is 5.79. The van der Waals surface area contributed by atoms with Crippen LogP contribution in [0.2, 0.25) is 0 Å². The number of fused-ring (bicyclic) bond motifs is 3. The highest BCUT2D eigenvalue weighted by atomic mass is 32.1. The summed E-state index contributed by atoms with van der Waals surface area (Å²) in [5.74, 6) is 2.06. The summed E-state index contributed by atoms with van der Waals surface area (Å²) in [7, 11) is 3.52. The lowest BCUT2D eigenvalue weighted by atomic mass is 9.83. The summed E-state index contributed by atoms with van der Waals surface area (Å²) in [6.07, 6.45) is 1.87. The van der Waals surface area contributed by atoms with E-state index in [1.807, 2.05) is 0 Å². The van der Waals surface area contributed by atoms with Crippen molar-refractivity contribution in [3.05, 3.63) is 106 Å². The SMILES string of the molecule is COc1c(-c2ccc3c(n2)-c2nc(-c4cc(C(C)(C)C)cc(-c5cccs5)c4OC)ccc2CC3)cc(C(C)C)cc1-c1cccs1. The Kier molecular flexibility index (Phi) is 8.27. The zero-order valence-corrected chi connectivity index (χ0v) is 29.7. The minimum atomic E-state index is -0.0458. The summed E-state index contributed by atoms with van der Waals surface area (Å²) < 4.78 is 12.3. The Morgan fingerprint density at radius 1 is 0.638 bits per heavy atom. The van der Waals surface area contributed by atoms with Crippen molar-refractivity contribution in [2.75, 3.05) is 14.2 Å². The first-order valence-electron chi connectivity index (χ1n) is 16.2. The zero-order chi connectivity index (χ0) is 32.9. The molecule has 0 aliphatic heterocycles. The van der Waals surface area contributed by atoms with Crippen molar-refractivity contribution in [1.82, 2.24) is 9.97 Å². The van der Waals surface area contributed by atoms with Crippen molar-refractivity contribution in [1.29, 1.82) is 0 Å². The molecule has 7 rings (SSSR count). The summed E-state index contributed by atoms with van der Waals surface area (Å²) in [6, 6.07) is 26.3. The highest BCUT2D eigenvalue weighted by molar-refractivity contribution is 7.13. The Labute approximate surface area is 286 Å². The number of methoxy groups -OCH3 is 2. The molecule has 0 radical (unpaired) electrons. The van der Waals surface area contributed by atoms with Gasteiger partial charge in [0.25, 0.3) is 0 Å². The fraction of sp³-hybridized carbons (Fsp3) is 0.268. The smallest absolute Gasteiger partial charge is 0.136 e. The van der Waals surface area contributed by atoms with Gasteiger partial charge in [-0.15, -0.1) is 22.7 Å². The van der Waals surface area contributed by atoms with Crippen molar-refractivity contribution in [2.45, 2.75) is 58.8 Å². The van der Waals surface area contributed by atoms with Gasteiger partial charge in [-0.3, -0.25) is 0 Å². The lowest BCUT2D eigenvalue weighted by molar-refractivity contribution is 0.417. The second-order valence-corrected chi connectivity index (χ2v) is 15.4. The number of nitrogens with zero attached hydrogens (tertiary/aromatic N) is 2. The van der Waals surface area contributed by atoms with E-state index in [0.29, 0.717) is 5.92 Å². The molecule has 47 heavy (non-hydrogen) atoms. The number of rotatable bonds is 7. The summed E-state index contributed by atoms with van der Waals surface area (Å²) in [5.41, 5.74) is 12.8. The Morgan fingerprint density at radius 2 is 1.11 bits per heavy atom. The van der Waals surface area contributed by atoms with E-state index in [1.54, 1.807) is 36.9 Å². The maximum absolute atomic E-state index is 6.15. The molecule has 0 amide bonds. The first-order valence-corrected chi connectivity index (χ1v) is 18.0. The van der Waals surface area contributed by atoms with Crippen molar-refractivity contribution in [3.63, 3.8) is 0 Å². The van der Waals surface area contributed by atoms with Gasteiger partial charge in [-0.25, -0.2) is 9.97 Å². The highest BCUT2D eigenvalue weighted by Gasteiger charge is 2.26.